The number of hydrogen-bond donors (Lipinski definition) is 1. The highest BCUT2D eigenvalue weighted by Gasteiger charge is 2.38. The zero-order valence-corrected chi connectivity index (χ0v) is 14.2. The van der Waals surface area contributed by atoms with E-state index in [2.05, 4.69) is 55.2 Å². The highest BCUT2D eigenvalue weighted by Crippen LogP contribution is 2.37. The van der Waals surface area contributed by atoms with Gasteiger partial charge < -0.3 is 10.3 Å². The van der Waals surface area contributed by atoms with E-state index in [4.69, 9.17) is 10.3 Å². The van der Waals surface area contributed by atoms with Crippen LogP contribution < -0.4 is 5.73 Å². The van der Waals surface area contributed by atoms with Crippen molar-refractivity contribution in [1.29, 1.82) is 0 Å². The fourth-order valence-corrected chi connectivity index (χ4v) is 3.23. The summed E-state index contributed by atoms with van der Waals surface area (Å²) in [7, 11) is 0. The Morgan fingerprint density at radius 1 is 1.23 bits per heavy atom. The third-order valence-electron chi connectivity index (χ3n) is 4.24. The molecule has 0 atom stereocenters. The van der Waals surface area contributed by atoms with E-state index in [9.17, 15) is 0 Å². The number of nitrogens with two attached hydrogens (primary N) is 1. The number of rotatable bonds is 4. The minimum atomic E-state index is -0.346. The van der Waals surface area contributed by atoms with Gasteiger partial charge in [-0.15, -0.1) is 11.8 Å². The molecule has 0 aliphatic heterocycles. The number of nitrogens with zero attached hydrogens (tertiary/aromatic N) is 2. The zero-order valence-electron chi connectivity index (χ0n) is 13.4. The molecule has 4 nitrogen and oxygen atoms in total. The van der Waals surface area contributed by atoms with Crippen LogP contribution in [0.1, 0.15) is 57.3 Å². The Morgan fingerprint density at radius 3 is 2.45 bits per heavy atom. The molecule has 1 heterocycles. The number of benzene rings is 1. The van der Waals surface area contributed by atoms with Crippen molar-refractivity contribution in [3.63, 3.8) is 0 Å². The van der Waals surface area contributed by atoms with Gasteiger partial charge in [-0.25, -0.2) is 0 Å². The summed E-state index contributed by atoms with van der Waals surface area (Å²) < 4.78 is 5.32. The van der Waals surface area contributed by atoms with E-state index >= 15 is 0 Å². The van der Waals surface area contributed by atoms with Crippen LogP contribution in [0, 0.1) is 0 Å². The van der Waals surface area contributed by atoms with Crippen LogP contribution in [0.2, 0.25) is 0 Å². The summed E-state index contributed by atoms with van der Waals surface area (Å²) in [6.45, 7) is 6.66. The molecular weight excluding hydrogens is 294 g/mol. The maximum absolute atomic E-state index is 6.21. The van der Waals surface area contributed by atoms with E-state index in [1.54, 1.807) is 11.8 Å². The highest BCUT2D eigenvalue weighted by molar-refractivity contribution is 7.98. The molecule has 1 aliphatic rings. The third kappa shape index (κ3) is 3.20. The topological polar surface area (TPSA) is 64.9 Å². The first kappa shape index (κ1) is 15.6. The Balaban J connectivity index is 1.61. The van der Waals surface area contributed by atoms with Crippen molar-refractivity contribution in [3.8, 4) is 0 Å². The van der Waals surface area contributed by atoms with E-state index in [-0.39, 0.29) is 11.0 Å². The van der Waals surface area contributed by atoms with Crippen LogP contribution in [0.15, 0.2) is 33.7 Å². The summed E-state index contributed by atoms with van der Waals surface area (Å²) in [4.78, 5) is 5.66. The van der Waals surface area contributed by atoms with Crippen LogP contribution in [-0.2, 0) is 16.7 Å². The van der Waals surface area contributed by atoms with Crippen molar-refractivity contribution in [3.05, 3.63) is 41.5 Å². The molecule has 1 saturated carbocycles. The molecule has 0 unspecified atom stereocenters. The van der Waals surface area contributed by atoms with E-state index in [0.29, 0.717) is 17.5 Å². The van der Waals surface area contributed by atoms with Gasteiger partial charge in [-0.2, -0.15) is 4.98 Å². The quantitative estimate of drug-likeness (QED) is 0.864. The van der Waals surface area contributed by atoms with Gasteiger partial charge in [0.25, 0.3) is 0 Å². The van der Waals surface area contributed by atoms with E-state index < -0.39 is 0 Å². The molecule has 1 aromatic heterocycles. The lowest BCUT2D eigenvalue weighted by atomic mass is 9.77. The van der Waals surface area contributed by atoms with Gasteiger partial charge in [0.05, 0.1) is 11.3 Å². The molecule has 0 bridgehead atoms. The Bertz CT molecular complexity index is 639. The Morgan fingerprint density at radius 2 is 1.91 bits per heavy atom. The van der Waals surface area contributed by atoms with Crippen LogP contribution in [0.25, 0.3) is 0 Å². The van der Waals surface area contributed by atoms with Crippen LogP contribution in [0.5, 0.6) is 0 Å². The molecule has 5 heteroatoms. The van der Waals surface area contributed by atoms with Crippen LogP contribution in [-0.4, -0.2) is 10.1 Å². The van der Waals surface area contributed by atoms with Gasteiger partial charge >= 0.3 is 0 Å². The molecular formula is C17H23N3OS. The smallest absolute Gasteiger partial charge is 0.237 e. The molecule has 1 aromatic carbocycles. The van der Waals surface area contributed by atoms with Crippen molar-refractivity contribution in [2.75, 3.05) is 0 Å². The molecule has 3 rings (SSSR count). The lowest BCUT2D eigenvalue weighted by Gasteiger charge is -2.34. The monoisotopic (exact) mass is 317 g/mol. The average molecular weight is 317 g/mol. The molecule has 2 aromatic rings. The SMILES string of the molecule is CC(C)(C)c1ccc(SCc2nc(C3(N)CCC3)no2)cc1. The molecule has 22 heavy (non-hydrogen) atoms. The Labute approximate surface area is 135 Å². The fraction of sp³-hybridized carbons (Fsp3) is 0.529. The molecule has 118 valence electrons. The largest absolute Gasteiger partial charge is 0.338 e. The van der Waals surface area contributed by atoms with Crippen LogP contribution >= 0.6 is 11.8 Å². The minimum Gasteiger partial charge on any atom is -0.338 e. The zero-order chi connectivity index (χ0) is 15.8. The van der Waals surface area contributed by atoms with Crippen LogP contribution in [0.4, 0.5) is 0 Å². The van der Waals surface area contributed by atoms with Gasteiger partial charge in [0.1, 0.15) is 0 Å². The number of hydrogen-bond acceptors (Lipinski definition) is 5. The predicted molar refractivity (Wildman–Crippen MR) is 88.7 cm³/mol. The van der Waals surface area contributed by atoms with E-state index in [1.807, 2.05) is 0 Å². The summed E-state index contributed by atoms with van der Waals surface area (Å²) >= 11 is 1.71. The molecule has 1 fully saturated rings. The highest BCUT2D eigenvalue weighted by atomic mass is 32.2. The van der Waals surface area contributed by atoms with Crippen molar-refractivity contribution in [1.82, 2.24) is 10.1 Å². The summed E-state index contributed by atoms with van der Waals surface area (Å²) in [5.41, 5.74) is 7.39. The molecule has 0 amide bonds. The first-order chi connectivity index (χ1) is 10.4. The number of aromatic nitrogens is 2. The summed E-state index contributed by atoms with van der Waals surface area (Å²) in [6.07, 6.45) is 3.05. The van der Waals surface area contributed by atoms with Gasteiger partial charge in [0.15, 0.2) is 5.82 Å². The first-order valence-electron chi connectivity index (χ1n) is 7.72. The molecule has 0 spiro atoms. The third-order valence-corrected chi connectivity index (χ3v) is 5.24. The fourth-order valence-electron chi connectivity index (χ4n) is 2.49. The Hall–Kier alpha value is -1.33. The molecule has 1 aliphatic carbocycles. The first-order valence-corrected chi connectivity index (χ1v) is 8.71. The lowest BCUT2D eigenvalue weighted by Crippen LogP contribution is -2.44. The van der Waals surface area contributed by atoms with Gasteiger partial charge in [-0.1, -0.05) is 38.1 Å². The van der Waals surface area contributed by atoms with Gasteiger partial charge in [-0.05, 0) is 42.4 Å². The Kier molecular flexibility index (Phi) is 4.03. The predicted octanol–water partition coefficient (Wildman–Crippen LogP) is 4.00. The molecule has 0 saturated heterocycles. The van der Waals surface area contributed by atoms with Crippen molar-refractivity contribution >= 4 is 11.8 Å². The van der Waals surface area contributed by atoms with Crippen molar-refractivity contribution < 1.29 is 4.52 Å². The maximum atomic E-state index is 6.21. The molecule has 2 N–H and O–H groups in total. The second-order valence-electron chi connectivity index (χ2n) is 7.08. The summed E-state index contributed by atoms with van der Waals surface area (Å²) in [5, 5.41) is 4.04. The average Bonchev–Trinajstić information content (AvgIpc) is 2.91. The van der Waals surface area contributed by atoms with Crippen molar-refractivity contribution in [2.45, 2.75) is 61.6 Å². The van der Waals surface area contributed by atoms with Crippen LogP contribution in [0.3, 0.4) is 0 Å². The molecule has 0 radical (unpaired) electrons. The second kappa shape index (κ2) is 5.70. The normalized spacial score (nSPS) is 17.3. The minimum absolute atomic E-state index is 0.183. The van der Waals surface area contributed by atoms with E-state index in [0.717, 1.165) is 19.3 Å². The van der Waals surface area contributed by atoms with Gasteiger partial charge in [-0.3, -0.25) is 0 Å². The summed E-state index contributed by atoms with van der Waals surface area (Å²) in [5.74, 6) is 1.99. The van der Waals surface area contributed by atoms with Crippen molar-refractivity contribution in [2.24, 2.45) is 5.73 Å². The summed E-state index contributed by atoms with van der Waals surface area (Å²) in [6, 6.07) is 8.67. The standard InChI is InChI=1S/C17H23N3OS/c1-16(2,3)12-5-7-13(8-6-12)22-11-14-19-15(20-21-14)17(18)9-4-10-17/h5-8H,4,9-11,18H2,1-3H3. The number of thioether (sulfide) groups is 1. The van der Waals surface area contributed by atoms with E-state index in [1.165, 1.54) is 10.5 Å². The lowest BCUT2D eigenvalue weighted by molar-refractivity contribution is 0.229. The van der Waals surface area contributed by atoms with Gasteiger partial charge in [0, 0.05) is 4.90 Å². The maximum Gasteiger partial charge on any atom is 0.237 e. The second-order valence-corrected chi connectivity index (χ2v) is 8.13. The van der Waals surface area contributed by atoms with Gasteiger partial charge in [0.2, 0.25) is 5.89 Å².